The van der Waals surface area contributed by atoms with Crippen LogP contribution < -0.4 is 0 Å². The Bertz CT molecular complexity index is 922. The van der Waals surface area contributed by atoms with E-state index in [2.05, 4.69) is 11.0 Å². The first-order chi connectivity index (χ1) is 12.8. The van der Waals surface area contributed by atoms with Crippen LogP contribution in [0.25, 0.3) is 0 Å². The maximum absolute atomic E-state index is 12.8. The first kappa shape index (κ1) is 19.9. The molecular formula is C20H23ClN2O3S. The van der Waals surface area contributed by atoms with Gasteiger partial charge in [-0.25, -0.2) is 8.42 Å². The van der Waals surface area contributed by atoms with Gasteiger partial charge in [-0.15, -0.1) is 0 Å². The number of piperazine rings is 1. The van der Waals surface area contributed by atoms with Crippen LogP contribution in [0.5, 0.6) is 0 Å². The molecule has 5 nitrogen and oxygen atoms in total. The third-order valence-corrected chi connectivity index (χ3v) is 5.65. The van der Waals surface area contributed by atoms with E-state index in [9.17, 15) is 13.2 Å². The van der Waals surface area contributed by atoms with Gasteiger partial charge in [0.2, 0.25) is 0 Å². The van der Waals surface area contributed by atoms with Crippen LogP contribution in [0.2, 0.25) is 5.02 Å². The molecule has 1 heterocycles. The number of halogens is 1. The Morgan fingerprint density at radius 1 is 1.00 bits per heavy atom. The lowest BCUT2D eigenvalue weighted by Gasteiger charge is -2.35. The molecule has 0 atom stereocenters. The lowest BCUT2D eigenvalue weighted by molar-refractivity contribution is 0.0628. The molecule has 0 bridgehead atoms. The van der Waals surface area contributed by atoms with Crippen molar-refractivity contribution in [3.63, 3.8) is 0 Å². The molecule has 0 N–H and O–H groups in total. The Balaban J connectivity index is 1.59. The summed E-state index contributed by atoms with van der Waals surface area (Å²) >= 11 is 6.04. The van der Waals surface area contributed by atoms with Crippen molar-refractivity contribution in [2.45, 2.75) is 12.3 Å². The van der Waals surface area contributed by atoms with E-state index in [1.807, 2.05) is 23.1 Å². The molecule has 1 saturated heterocycles. The molecule has 0 radical (unpaired) electrons. The molecule has 3 rings (SSSR count). The van der Waals surface area contributed by atoms with Crippen LogP contribution in [-0.4, -0.2) is 56.6 Å². The zero-order valence-electron chi connectivity index (χ0n) is 15.3. The highest BCUT2D eigenvalue weighted by Gasteiger charge is 2.22. The average molecular weight is 407 g/mol. The number of sulfone groups is 1. The van der Waals surface area contributed by atoms with Crippen molar-refractivity contribution in [1.29, 1.82) is 0 Å². The quantitative estimate of drug-likeness (QED) is 0.766. The van der Waals surface area contributed by atoms with E-state index in [-0.39, 0.29) is 11.7 Å². The second-order valence-electron chi connectivity index (χ2n) is 6.97. The Labute approximate surface area is 165 Å². The van der Waals surface area contributed by atoms with Crippen molar-refractivity contribution in [2.75, 3.05) is 32.4 Å². The molecule has 1 aliphatic rings. The Morgan fingerprint density at radius 2 is 1.67 bits per heavy atom. The first-order valence-electron chi connectivity index (χ1n) is 8.83. The molecule has 0 saturated carbocycles. The summed E-state index contributed by atoms with van der Waals surface area (Å²) in [6.07, 6.45) is 1.20. The van der Waals surface area contributed by atoms with Crippen molar-refractivity contribution < 1.29 is 13.2 Å². The molecule has 144 valence electrons. The number of benzene rings is 2. The summed E-state index contributed by atoms with van der Waals surface area (Å²) < 4.78 is 23.0. The fourth-order valence-corrected chi connectivity index (χ4v) is 4.28. The molecule has 7 heteroatoms. The van der Waals surface area contributed by atoms with E-state index >= 15 is 0 Å². The van der Waals surface area contributed by atoms with E-state index in [0.29, 0.717) is 24.2 Å². The second-order valence-corrected chi connectivity index (χ2v) is 9.55. The van der Waals surface area contributed by atoms with Crippen LogP contribution in [-0.2, 0) is 22.1 Å². The predicted octanol–water partition coefficient (Wildman–Crippen LogP) is 2.84. The van der Waals surface area contributed by atoms with Crippen molar-refractivity contribution in [1.82, 2.24) is 9.80 Å². The fourth-order valence-electron chi connectivity index (χ4n) is 3.28. The van der Waals surface area contributed by atoms with Gasteiger partial charge in [0.05, 0.1) is 5.75 Å². The minimum Gasteiger partial charge on any atom is -0.336 e. The normalized spacial score (nSPS) is 15.7. The molecule has 1 fully saturated rings. The van der Waals surface area contributed by atoms with Gasteiger partial charge in [-0.2, -0.15) is 0 Å². The van der Waals surface area contributed by atoms with Gasteiger partial charge in [0.25, 0.3) is 5.91 Å². The summed E-state index contributed by atoms with van der Waals surface area (Å²) in [7, 11) is -3.13. The summed E-state index contributed by atoms with van der Waals surface area (Å²) in [5, 5.41) is 0.732. The average Bonchev–Trinajstić information content (AvgIpc) is 2.61. The SMILES string of the molecule is CS(=O)(=O)Cc1cccc(C(=O)N2CCN(Cc3cccc(Cl)c3)CC2)c1. The van der Waals surface area contributed by atoms with Crippen molar-refractivity contribution in [3.8, 4) is 0 Å². The number of carbonyl (C=O) groups excluding carboxylic acids is 1. The Hall–Kier alpha value is -1.89. The van der Waals surface area contributed by atoms with Gasteiger partial charge in [-0.1, -0.05) is 35.9 Å². The molecule has 2 aromatic carbocycles. The second kappa shape index (κ2) is 8.42. The minimum absolute atomic E-state index is 0.0484. The van der Waals surface area contributed by atoms with Gasteiger partial charge in [0.15, 0.2) is 9.84 Å². The highest BCUT2D eigenvalue weighted by atomic mass is 35.5. The molecule has 0 aromatic heterocycles. The van der Waals surface area contributed by atoms with Gasteiger partial charge >= 0.3 is 0 Å². The molecule has 2 aromatic rings. The van der Waals surface area contributed by atoms with E-state index in [1.165, 1.54) is 6.26 Å². The number of amides is 1. The van der Waals surface area contributed by atoms with Crippen LogP contribution >= 0.6 is 11.6 Å². The van der Waals surface area contributed by atoms with Crippen molar-refractivity contribution in [3.05, 3.63) is 70.2 Å². The smallest absolute Gasteiger partial charge is 0.253 e. The molecular weight excluding hydrogens is 384 g/mol. The third-order valence-electron chi connectivity index (χ3n) is 4.56. The van der Waals surface area contributed by atoms with Gasteiger partial charge in [-0.3, -0.25) is 9.69 Å². The van der Waals surface area contributed by atoms with E-state index in [4.69, 9.17) is 11.6 Å². The summed E-state index contributed by atoms with van der Waals surface area (Å²) in [6, 6.07) is 14.7. The van der Waals surface area contributed by atoms with Crippen LogP contribution in [0, 0.1) is 0 Å². The molecule has 0 unspecified atom stereocenters. The minimum atomic E-state index is -3.13. The largest absolute Gasteiger partial charge is 0.336 e. The monoisotopic (exact) mass is 406 g/mol. The van der Waals surface area contributed by atoms with Gasteiger partial charge < -0.3 is 4.90 Å². The number of hydrogen-bond donors (Lipinski definition) is 0. The maximum atomic E-state index is 12.8. The van der Waals surface area contributed by atoms with E-state index < -0.39 is 9.84 Å². The number of nitrogens with zero attached hydrogens (tertiary/aromatic N) is 2. The first-order valence-corrected chi connectivity index (χ1v) is 11.3. The molecule has 1 amide bonds. The van der Waals surface area contributed by atoms with Gasteiger partial charge in [0, 0.05) is 49.6 Å². The molecule has 0 aliphatic carbocycles. The van der Waals surface area contributed by atoms with Crippen LogP contribution in [0.1, 0.15) is 21.5 Å². The standard InChI is InChI=1S/C20H23ClN2O3S/c1-27(25,26)15-17-5-2-6-18(12-17)20(24)23-10-8-22(9-11-23)14-16-4-3-7-19(21)13-16/h2-7,12-13H,8-11,14-15H2,1H3. The topological polar surface area (TPSA) is 57.7 Å². The Morgan fingerprint density at radius 3 is 2.33 bits per heavy atom. The highest BCUT2D eigenvalue weighted by molar-refractivity contribution is 7.89. The molecule has 0 spiro atoms. The number of carbonyl (C=O) groups is 1. The number of hydrogen-bond acceptors (Lipinski definition) is 4. The summed E-state index contributed by atoms with van der Waals surface area (Å²) in [5.41, 5.74) is 2.35. The third kappa shape index (κ3) is 5.79. The maximum Gasteiger partial charge on any atom is 0.253 e. The Kier molecular flexibility index (Phi) is 6.19. The summed E-state index contributed by atoms with van der Waals surface area (Å²) in [6.45, 7) is 3.69. The van der Waals surface area contributed by atoms with Crippen LogP contribution in [0.15, 0.2) is 48.5 Å². The molecule has 27 heavy (non-hydrogen) atoms. The zero-order valence-corrected chi connectivity index (χ0v) is 16.8. The summed E-state index contributed by atoms with van der Waals surface area (Å²) in [4.78, 5) is 16.9. The number of rotatable bonds is 5. The lowest BCUT2D eigenvalue weighted by atomic mass is 10.1. The zero-order chi connectivity index (χ0) is 19.4. The lowest BCUT2D eigenvalue weighted by Crippen LogP contribution is -2.48. The van der Waals surface area contributed by atoms with Crippen LogP contribution in [0.4, 0.5) is 0 Å². The van der Waals surface area contributed by atoms with E-state index in [0.717, 1.165) is 30.2 Å². The summed E-state index contributed by atoms with van der Waals surface area (Å²) in [5.74, 6) is -0.102. The van der Waals surface area contributed by atoms with Crippen LogP contribution in [0.3, 0.4) is 0 Å². The fraction of sp³-hybridized carbons (Fsp3) is 0.350. The molecule has 1 aliphatic heterocycles. The van der Waals surface area contributed by atoms with Crippen molar-refractivity contribution in [2.24, 2.45) is 0 Å². The van der Waals surface area contributed by atoms with E-state index in [1.54, 1.807) is 24.3 Å². The van der Waals surface area contributed by atoms with Gasteiger partial charge in [-0.05, 0) is 35.4 Å². The van der Waals surface area contributed by atoms with Crippen molar-refractivity contribution >= 4 is 27.3 Å². The highest BCUT2D eigenvalue weighted by Crippen LogP contribution is 2.16. The van der Waals surface area contributed by atoms with Gasteiger partial charge in [0.1, 0.15) is 0 Å². The predicted molar refractivity (Wildman–Crippen MR) is 108 cm³/mol.